The molecule has 1 N–H and O–H groups in total. The van der Waals surface area contributed by atoms with E-state index in [1.807, 2.05) is 18.9 Å². The van der Waals surface area contributed by atoms with Gasteiger partial charge in [-0.15, -0.1) is 0 Å². The summed E-state index contributed by atoms with van der Waals surface area (Å²) in [5, 5.41) is 3.03. The summed E-state index contributed by atoms with van der Waals surface area (Å²) in [7, 11) is 4.05. The molecule has 3 atom stereocenters. The van der Waals surface area contributed by atoms with Crippen molar-refractivity contribution in [3.63, 3.8) is 0 Å². The van der Waals surface area contributed by atoms with Crippen molar-refractivity contribution in [2.75, 3.05) is 27.2 Å². The van der Waals surface area contributed by atoms with Crippen molar-refractivity contribution in [3.8, 4) is 0 Å². The highest BCUT2D eigenvalue weighted by Crippen LogP contribution is 2.28. The van der Waals surface area contributed by atoms with Crippen molar-refractivity contribution < 1.29 is 4.79 Å². The molecule has 4 nitrogen and oxygen atoms in total. The van der Waals surface area contributed by atoms with Crippen molar-refractivity contribution >= 4 is 5.91 Å². The Balaban J connectivity index is 2.01. The second kappa shape index (κ2) is 4.72. The SMILES string of the molecule is CNC(C)C(=O)N1CCC2CCC(C1)N2C. The molecular formula is C12H23N3O. The Bertz CT molecular complexity index is 269. The minimum atomic E-state index is -0.0538. The van der Waals surface area contributed by atoms with Crippen molar-refractivity contribution in [1.82, 2.24) is 15.1 Å². The number of hydrogen-bond donors (Lipinski definition) is 1. The zero-order valence-electron chi connectivity index (χ0n) is 10.6. The first-order chi connectivity index (χ1) is 7.63. The van der Waals surface area contributed by atoms with Gasteiger partial charge in [0.2, 0.25) is 5.91 Å². The average molecular weight is 225 g/mol. The molecule has 0 aromatic rings. The molecule has 2 aliphatic rings. The number of likely N-dealkylation sites (tertiary alicyclic amines) is 1. The first-order valence-electron chi connectivity index (χ1n) is 6.31. The molecule has 1 amide bonds. The molecule has 0 saturated carbocycles. The number of rotatable bonds is 2. The fourth-order valence-corrected chi connectivity index (χ4v) is 2.91. The van der Waals surface area contributed by atoms with Crippen LogP contribution in [-0.2, 0) is 4.79 Å². The van der Waals surface area contributed by atoms with E-state index in [-0.39, 0.29) is 11.9 Å². The van der Waals surface area contributed by atoms with Crippen LogP contribution < -0.4 is 5.32 Å². The summed E-state index contributed by atoms with van der Waals surface area (Å²) >= 11 is 0. The van der Waals surface area contributed by atoms with E-state index < -0.39 is 0 Å². The third kappa shape index (κ3) is 2.09. The smallest absolute Gasteiger partial charge is 0.239 e. The van der Waals surface area contributed by atoms with Gasteiger partial charge in [0.15, 0.2) is 0 Å². The molecule has 2 heterocycles. The fourth-order valence-electron chi connectivity index (χ4n) is 2.91. The zero-order chi connectivity index (χ0) is 11.7. The lowest BCUT2D eigenvalue weighted by Gasteiger charge is -2.27. The molecule has 0 aromatic carbocycles. The van der Waals surface area contributed by atoms with E-state index in [4.69, 9.17) is 0 Å². The van der Waals surface area contributed by atoms with Gasteiger partial charge in [-0.2, -0.15) is 0 Å². The summed E-state index contributed by atoms with van der Waals surface area (Å²) in [6.07, 6.45) is 3.69. The van der Waals surface area contributed by atoms with Gasteiger partial charge in [0, 0.05) is 25.2 Å². The van der Waals surface area contributed by atoms with Crippen LogP contribution in [0.3, 0.4) is 0 Å². The van der Waals surface area contributed by atoms with E-state index >= 15 is 0 Å². The maximum atomic E-state index is 12.1. The quantitative estimate of drug-likeness (QED) is 0.734. The Morgan fingerprint density at radius 2 is 2.00 bits per heavy atom. The molecule has 3 unspecified atom stereocenters. The Labute approximate surface area is 98.0 Å². The maximum Gasteiger partial charge on any atom is 0.239 e. The average Bonchev–Trinajstić information content (AvgIpc) is 2.51. The Hall–Kier alpha value is -0.610. The van der Waals surface area contributed by atoms with Crippen LogP contribution in [-0.4, -0.2) is 61.0 Å². The molecule has 2 aliphatic heterocycles. The van der Waals surface area contributed by atoms with Crippen molar-refractivity contribution in [3.05, 3.63) is 0 Å². The number of hydrogen-bond acceptors (Lipinski definition) is 3. The monoisotopic (exact) mass is 225 g/mol. The second-order valence-electron chi connectivity index (χ2n) is 5.13. The molecule has 2 rings (SSSR count). The van der Waals surface area contributed by atoms with Gasteiger partial charge in [-0.1, -0.05) is 0 Å². The van der Waals surface area contributed by atoms with Gasteiger partial charge >= 0.3 is 0 Å². The topological polar surface area (TPSA) is 35.6 Å². The third-order valence-corrected chi connectivity index (χ3v) is 4.26. The van der Waals surface area contributed by atoms with Crippen LogP contribution in [0.25, 0.3) is 0 Å². The largest absolute Gasteiger partial charge is 0.340 e. The van der Waals surface area contributed by atoms with Crippen LogP contribution in [0.1, 0.15) is 26.2 Å². The standard InChI is InChI=1S/C12H23N3O/c1-9(13-2)12(16)15-7-6-10-4-5-11(8-15)14(10)3/h9-11,13H,4-8H2,1-3H3. The number of amides is 1. The van der Waals surface area contributed by atoms with Crippen molar-refractivity contribution in [1.29, 1.82) is 0 Å². The van der Waals surface area contributed by atoms with Gasteiger partial charge in [-0.05, 0) is 40.3 Å². The minimum absolute atomic E-state index is 0.0538. The Morgan fingerprint density at radius 3 is 2.69 bits per heavy atom. The molecule has 2 fully saturated rings. The number of likely N-dealkylation sites (N-methyl/N-ethyl adjacent to an activating group) is 2. The molecule has 2 saturated heterocycles. The Kier molecular flexibility index (Phi) is 3.50. The van der Waals surface area contributed by atoms with Crippen LogP contribution >= 0.6 is 0 Å². The van der Waals surface area contributed by atoms with Gasteiger partial charge in [-0.25, -0.2) is 0 Å². The highest BCUT2D eigenvalue weighted by Gasteiger charge is 2.36. The second-order valence-corrected chi connectivity index (χ2v) is 5.13. The van der Waals surface area contributed by atoms with Gasteiger partial charge < -0.3 is 10.2 Å². The molecule has 2 bridgehead atoms. The van der Waals surface area contributed by atoms with Crippen molar-refractivity contribution in [2.45, 2.75) is 44.3 Å². The molecule has 0 radical (unpaired) electrons. The van der Waals surface area contributed by atoms with Gasteiger partial charge in [0.05, 0.1) is 6.04 Å². The summed E-state index contributed by atoms with van der Waals surface area (Å²) in [5.41, 5.74) is 0. The molecular weight excluding hydrogens is 202 g/mol. The lowest BCUT2D eigenvalue weighted by Crippen LogP contribution is -2.47. The molecule has 0 aromatic heterocycles. The number of fused-ring (bicyclic) bond motifs is 2. The Morgan fingerprint density at radius 1 is 1.31 bits per heavy atom. The molecule has 92 valence electrons. The fraction of sp³-hybridized carbons (Fsp3) is 0.917. The van der Waals surface area contributed by atoms with E-state index in [2.05, 4.69) is 17.3 Å². The molecule has 4 heteroatoms. The summed E-state index contributed by atoms with van der Waals surface area (Å²) in [6.45, 7) is 3.78. The molecule has 16 heavy (non-hydrogen) atoms. The van der Waals surface area contributed by atoms with Gasteiger partial charge in [0.25, 0.3) is 0 Å². The minimum Gasteiger partial charge on any atom is -0.340 e. The molecule has 0 spiro atoms. The van der Waals surface area contributed by atoms with Crippen molar-refractivity contribution in [2.24, 2.45) is 0 Å². The van der Waals surface area contributed by atoms with Crippen LogP contribution in [0.15, 0.2) is 0 Å². The van der Waals surface area contributed by atoms with Crippen LogP contribution in [0.5, 0.6) is 0 Å². The first kappa shape index (κ1) is 11.9. The maximum absolute atomic E-state index is 12.1. The molecule has 0 aliphatic carbocycles. The van der Waals surface area contributed by atoms with E-state index in [0.717, 1.165) is 19.5 Å². The van der Waals surface area contributed by atoms with E-state index in [9.17, 15) is 4.79 Å². The van der Waals surface area contributed by atoms with Gasteiger partial charge in [0.1, 0.15) is 0 Å². The predicted octanol–water partition coefficient (Wildman–Crippen LogP) is 0.289. The first-order valence-corrected chi connectivity index (χ1v) is 6.31. The summed E-state index contributed by atoms with van der Waals surface area (Å²) in [5.74, 6) is 0.253. The van der Waals surface area contributed by atoms with E-state index in [0.29, 0.717) is 12.1 Å². The lowest BCUT2D eigenvalue weighted by molar-refractivity contribution is -0.133. The number of carbonyl (C=O) groups excluding carboxylic acids is 1. The van der Waals surface area contributed by atoms with Crippen LogP contribution in [0.2, 0.25) is 0 Å². The predicted molar refractivity (Wildman–Crippen MR) is 64.3 cm³/mol. The zero-order valence-corrected chi connectivity index (χ0v) is 10.6. The van der Waals surface area contributed by atoms with Gasteiger partial charge in [-0.3, -0.25) is 9.69 Å². The number of nitrogens with zero attached hydrogens (tertiary/aromatic N) is 2. The van der Waals surface area contributed by atoms with Crippen LogP contribution in [0.4, 0.5) is 0 Å². The number of nitrogens with one attached hydrogen (secondary N) is 1. The van der Waals surface area contributed by atoms with Crippen LogP contribution in [0, 0.1) is 0 Å². The summed E-state index contributed by atoms with van der Waals surface area (Å²) < 4.78 is 0. The lowest BCUT2D eigenvalue weighted by atomic mass is 10.1. The number of carbonyl (C=O) groups is 1. The summed E-state index contributed by atoms with van der Waals surface area (Å²) in [4.78, 5) is 16.6. The highest BCUT2D eigenvalue weighted by atomic mass is 16.2. The summed E-state index contributed by atoms with van der Waals surface area (Å²) in [6, 6.07) is 1.23. The normalized spacial score (nSPS) is 32.6. The highest BCUT2D eigenvalue weighted by molar-refractivity contribution is 5.81. The third-order valence-electron chi connectivity index (χ3n) is 4.26. The van der Waals surface area contributed by atoms with E-state index in [1.54, 1.807) is 0 Å². The van der Waals surface area contributed by atoms with E-state index in [1.165, 1.54) is 12.8 Å².